The fraction of sp³-hybridized carbons (Fsp3) is 0. The lowest BCUT2D eigenvalue weighted by Gasteiger charge is -2.05. The SMILES string of the molecule is C=CC(=O)O/C=C\Oc1ccc(/C=C/c2ccc(/C=C/c3ccccc3O/C=C\OC(=O)C=C)c(F)c2)cc1. The van der Waals surface area contributed by atoms with Gasteiger partial charge in [-0.25, -0.2) is 14.0 Å². The van der Waals surface area contributed by atoms with E-state index in [9.17, 15) is 14.0 Å². The highest BCUT2D eigenvalue weighted by molar-refractivity contribution is 5.82. The first kappa shape index (κ1) is 28.1. The minimum Gasteiger partial charge on any atom is -0.462 e. The average molecular weight is 525 g/mol. The zero-order chi connectivity index (χ0) is 27.9. The molecule has 0 saturated heterocycles. The van der Waals surface area contributed by atoms with Crippen LogP contribution >= 0.6 is 0 Å². The molecular weight excluding hydrogens is 499 g/mol. The zero-order valence-electron chi connectivity index (χ0n) is 20.9. The second-order valence-electron chi connectivity index (χ2n) is 7.62. The summed E-state index contributed by atoms with van der Waals surface area (Å²) < 4.78 is 35.0. The Hall–Kier alpha value is -5.43. The van der Waals surface area contributed by atoms with Crippen molar-refractivity contribution in [2.75, 3.05) is 0 Å². The van der Waals surface area contributed by atoms with Crippen molar-refractivity contribution in [3.8, 4) is 11.5 Å². The molecule has 3 rings (SSSR count). The number of benzene rings is 3. The molecule has 6 nitrogen and oxygen atoms in total. The minimum atomic E-state index is -0.598. The normalized spacial score (nSPS) is 11.2. The number of carbonyl (C=O) groups is 2. The van der Waals surface area contributed by atoms with Crippen LogP contribution in [0.15, 0.2) is 117 Å². The number of ether oxygens (including phenoxy) is 4. The van der Waals surface area contributed by atoms with Gasteiger partial charge in [0.15, 0.2) is 0 Å². The van der Waals surface area contributed by atoms with Crippen molar-refractivity contribution < 1.29 is 32.9 Å². The molecule has 3 aromatic rings. The summed E-state index contributed by atoms with van der Waals surface area (Å²) in [6.45, 7) is 6.61. The van der Waals surface area contributed by atoms with E-state index in [0.717, 1.165) is 30.2 Å². The van der Waals surface area contributed by atoms with Crippen LogP contribution in [0, 0.1) is 5.82 Å². The topological polar surface area (TPSA) is 71.1 Å². The van der Waals surface area contributed by atoms with E-state index in [1.54, 1.807) is 48.6 Å². The first-order valence-electron chi connectivity index (χ1n) is 11.6. The van der Waals surface area contributed by atoms with Gasteiger partial charge in [0, 0.05) is 23.3 Å². The van der Waals surface area contributed by atoms with Crippen LogP contribution in [0.4, 0.5) is 4.39 Å². The number of para-hydroxylation sites is 1. The molecule has 3 aromatic carbocycles. The van der Waals surface area contributed by atoms with E-state index in [1.165, 1.54) is 18.6 Å². The van der Waals surface area contributed by atoms with Crippen molar-refractivity contribution >= 4 is 36.2 Å². The van der Waals surface area contributed by atoms with Crippen molar-refractivity contribution in [1.82, 2.24) is 0 Å². The maximum absolute atomic E-state index is 14.8. The Morgan fingerprint density at radius 1 is 0.641 bits per heavy atom. The summed E-state index contributed by atoms with van der Waals surface area (Å²) in [4.78, 5) is 22.0. The summed E-state index contributed by atoms with van der Waals surface area (Å²) in [5.41, 5.74) is 2.70. The van der Waals surface area contributed by atoms with Gasteiger partial charge in [-0.15, -0.1) is 0 Å². The van der Waals surface area contributed by atoms with Gasteiger partial charge in [0.1, 0.15) is 42.4 Å². The molecule has 0 aromatic heterocycles. The van der Waals surface area contributed by atoms with Crippen molar-refractivity contribution in [2.45, 2.75) is 0 Å². The van der Waals surface area contributed by atoms with Gasteiger partial charge in [-0.3, -0.25) is 0 Å². The van der Waals surface area contributed by atoms with Gasteiger partial charge < -0.3 is 18.9 Å². The van der Waals surface area contributed by atoms with Gasteiger partial charge in [-0.2, -0.15) is 0 Å². The lowest BCUT2D eigenvalue weighted by Crippen LogP contribution is -1.93. The van der Waals surface area contributed by atoms with Gasteiger partial charge in [0.05, 0.1) is 0 Å². The maximum Gasteiger partial charge on any atom is 0.335 e. The predicted octanol–water partition coefficient (Wildman–Crippen LogP) is 7.32. The Balaban J connectivity index is 1.60. The molecule has 39 heavy (non-hydrogen) atoms. The maximum atomic E-state index is 14.8. The van der Waals surface area contributed by atoms with Crippen LogP contribution in [-0.2, 0) is 19.1 Å². The molecule has 0 radical (unpaired) electrons. The Morgan fingerprint density at radius 3 is 1.90 bits per heavy atom. The van der Waals surface area contributed by atoms with Crippen LogP contribution in [0.2, 0.25) is 0 Å². The molecule has 0 N–H and O–H groups in total. The fourth-order valence-corrected chi connectivity index (χ4v) is 3.03. The molecule has 0 aliphatic heterocycles. The summed E-state index contributed by atoms with van der Waals surface area (Å²) in [6.07, 6.45) is 13.8. The summed E-state index contributed by atoms with van der Waals surface area (Å²) in [7, 11) is 0. The molecule has 0 heterocycles. The summed E-state index contributed by atoms with van der Waals surface area (Å²) in [5, 5.41) is 0. The van der Waals surface area contributed by atoms with Gasteiger partial charge in [0.25, 0.3) is 0 Å². The quantitative estimate of drug-likeness (QED) is 0.107. The number of rotatable bonds is 12. The minimum absolute atomic E-state index is 0.379. The van der Waals surface area contributed by atoms with Gasteiger partial charge in [-0.1, -0.05) is 79.9 Å². The molecule has 0 unspecified atom stereocenters. The Bertz CT molecular complexity index is 1430. The second-order valence-corrected chi connectivity index (χ2v) is 7.62. The van der Waals surface area contributed by atoms with E-state index < -0.39 is 11.9 Å². The Kier molecular flexibility index (Phi) is 10.8. The molecule has 0 bridgehead atoms. The van der Waals surface area contributed by atoms with Crippen LogP contribution in [0.5, 0.6) is 11.5 Å². The molecule has 0 amide bonds. The van der Waals surface area contributed by atoms with Crippen LogP contribution in [0.1, 0.15) is 22.3 Å². The summed E-state index contributed by atoms with van der Waals surface area (Å²) >= 11 is 0. The summed E-state index contributed by atoms with van der Waals surface area (Å²) in [6, 6.07) is 19.3. The highest BCUT2D eigenvalue weighted by atomic mass is 19.1. The standard InChI is InChI=1S/C32H25FO6/c1-3-31(34)38-21-19-36-28-17-12-24(13-18-28)9-10-25-11-14-26(29(33)23-25)15-16-27-7-5-6-8-30(27)37-20-22-39-32(35)4-2/h3-23H,1-2H2/b10-9+,16-15+,21-19-,22-20-. The molecule has 0 aliphatic rings. The third kappa shape index (κ3) is 9.51. The monoisotopic (exact) mass is 524 g/mol. The van der Waals surface area contributed by atoms with E-state index >= 15 is 0 Å². The molecule has 0 fully saturated rings. The second kappa shape index (κ2) is 15.0. The van der Waals surface area contributed by atoms with E-state index in [-0.39, 0.29) is 5.82 Å². The fourth-order valence-electron chi connectivity index (χ4n) is 3.03. The highest BCUT2D eigenvalue weighted by Gasteiger charge is 2.02. The van der Waals surface area contributed by atoms with Crippen LogP contribution in [-0.4, -0.2) is 11.9 Å². The van der Waals surface area contributed by atoms with Gasteiger partial charge >= 0.3 is 11.9 Å². The lowest BCUT2D eigenvalue weighted by molar-refractivity contribution is -0.133. The van der Waals surface area contributed by atoms with Gasteiger partial charge in [-0.05, 0) is 35.4 Å². The molecule has 0 aliphatic carbocycles. The zero-order valence-corrected chi connectivity index (χ0v) is 20.9. The van der Waals surface area contributed by atoms with Crippen LogP contribution in [0.25, 0.3) is 24.3 Å². The molecule has 196 valence electrons. The number of esters is 2. The molecule has 7 heteroatoms. The van der Waals surface area contributed by atoms with Crippen molar-refractivity contribution in [3.63, 3.8) is 0 Å². The van der Waals surface area contributed by atoms with E-state index in [0.29, 0.717) is 28.2 Å². The largest absolute Gasteiger partial charge is 0.462 e. The Morgan fingerprint density at radius 2 is 1.23 bits per heavy atom. The van der Waals surface area contributed by atoms with Crippen LogP contribution in [0.3, 0.4) is 0 Å². The number of carbonyl (C=O) groups excluding carboxylic acids is 2. The van der Waals surface area contributed by atoms with Crippen molar-refractivity contribution in [3.05, 3.63) is 145 Å². The molecule has 0 atom stereocenters. The van der Waals surface area contributed by atoms with Crippen molar-refractivity contribution in [1.29, 1.82) is 0 Å². The Labute approximate surface area is 225 Å². The van der Waals surface area contributed by atoms with E-state index in [2.05, 4.69) is 17.9 Å². The van der Waals surface area contributed by atoms with Gasteiger partial charge in [0.2, 0.25) is 0 Å². The number of hydrogen-bond donors (Lipinski definition) is 0. The molecule has 0 saturated carbocycles. The van der Waals surface area contributed by atoms with E-state index in [4.69, 9.17) is 14.2 Å². The number of hydrogen-bond acceptors (Lipinski definition) is 6. The summed E-state index contributed by atoms with van der Waals surface area (Å²) in [5.74, 6) is -0.497. The third-order valence-corrected chi connectivity index (χ3v) is 4.95. The highest BCUT2D eigenvalue weighted by Crippen LogP contribution is 2.22. The average Bonchev–Trinajstić information content (AvgIpc) is 2.96. The predicted molar refractivity (Wildman–Crippen MR) is 149 cm³/mol. The van der Waals surface area contributed by atoms with Crippen molar-refractivity contribution in [2.24, 2.45) is 0 Å². The molecule has 0 spiro atoms. The van der Waals surface area contributed by atoms with E-state index in [1.807, 2.05) is 36.4 Å². The number of halogens is 1. The lowest BCUT2D eigenvalue weighted by atomic mass is 10.1. The third-order valence-electron chi connectivity index (χ3n) is 4.95. The smallest absolute Gasteiger partial charge is 0.335 e. The first-order chi connectivity index (χ1) is 19.0. The van der Waals surface area contributed by atoms with Crippen LogP contribution < -0.4 is 9.47 Å². The first-order valence-corrected chi connectivity index (χ1v) is 11.6. The molecular formula is C32H25FO6.